The van der Waals surface area contributed by atoms with Crippen molar-refractivity contribution >= 4 is 52.3 Å². The van der Waals surface area contributed by atoms with Gasteiger partial charge in [0.1, 0.15) is 12.1 Å². The highest BCUT2D eigenvalue weighted by Gasteiger charge is 2.27. The van der Waals surface area contributed by atoms with Crippen molar-refractivity contribution in [1.29, 1.82) is 0 Å². The number of carbonyl (C=O) groups is 5. The van der Waals surface area contributed by atoms with Crippen molar-refractivity contribution in [3.05, 3.63) is 36.0 Å². The highest BCUT2D eigenvalue weighted by atomic mass is 32.2. The van der Waals surface area contributed by atoms with Crippen LogP contribution in [0, 0.1) is 0 Å². The van der Waals surface area contributed by atoms with Crippen molar-refractivity contribution in [3.63, 3.8) is 0 Å². The zero-order valence-electron chi connectivity index (χ0n) is 19.1. The Labute approximate surface area is 205 Å². The Morgan fingerprint density at radius 3 is 2.43 bits per heavy atom. The van der Waals surface area contributed by atoms with Gasteiger partial charge in [0.2, 0.25) is 17.7 Å². The Balaban J connectivity index is 1.95. The molecule has 0 aliphatic rings. The molecule has 3 atom stereocenters. The monoisotopic (exact) mass is 507 g/mol. The van der Waals surface area contributed by atoms with Crippen LogP contribution >= 0.6 is 11.8 Å². The SMILES string of the molecule is CSCCC(NC(=O)CNC(=O)C(CC(=O)O)NC(=O)C(N)Cc1c[nH]c2ccccc12)C(=O)O. The fourth-order valence-corrected chi connectivity index (χ4v) is 3.79. The van der Waals surface area contributed by atoms with Gasteiger partial charge >= 0.3 is 11.9 Å². The van der Waals surface area contributed by atoms with Crippen LogP contribution in [0.2, 0.25) is 0 Å². The maximum Gasteiger partial charge on any atom is 0.326 e. The number of para-hydroxylation sites is 1. The molecule has 1 aromatic carbocycles. The number of carboxylic acid groups (broad SMARTS) is 2. The lowest BCUT2D eigenvalue weighted by molar-refractivity contribution is -0.142. The van der Waals surface area contributed by atoms with Gasteiger partial charge in [-0.1, -0.05) is 18.2 Å². The predicted octanol–water partition coefficient (Wildman–Crippen LogP) is -0.564. The summed E-state index contributed by atoms with van der Waals surface area (Å²) in [6.07, 6.45) is 3.13. The van der Waals surface area contributed by atoms with E-state index in [2.05, 4.69) is 20.9 Å². The van der Waals surface area contributed by atoms with Gasteiger partial charge in [0.15, 0.2) is 0 Å². The number of rotatable bonds is 14. The molecule has 3 unspecified atom stereocenters. The fraction of sp³-hybridized carbons (Fsp3) is 0.409. The average molecular weight is 508 g/mol. The highest BCUT2D eigenvalue weighted by Crippen LogP contribution is 2.18. The normalized spacial score (nSPS) is 13.4. The summed E-state index contributed by atoms with van der Waals surface area (Å²) in [5.74, 6) is -4.45. The molecule has 0 aliphatic carbocycles. The van der Waals surface area contributed by atoms with E-state index in [0.717, 1.165) is 16.5 Å². The molecule has 2 aromatic rings. The summed E-state index contributed by atoms with van der Waals surface area (Å²) in [7, 11) is 0. The molecule has 0 spiro atoms. The summed E-state index contributed by atoms with van der Waals surface area (Å²) in [6.45, 7) is -0.588. The molecular weight excluding hydrogens is 478 g/mol. The van der Waals surface area contributed by atoms with E-state index >= 15 is 0 Å². The third-order valence-corrected chi connectivity index (χ3v) is 5.77. The van der Waals surface area contributed by atoms with Gasteiger partial charge in [-0.25, -0.2) is 4.79 Å². The van der Waals surface area contributed by atoms with E-state index in [1.807, 2.05) is 24.3 Å². The van der Waals surface area contributed by atoms with Gasteiger partial charge in [0.25, 0.3) is 0 Å². The van der Waals surface area contributed by atoms with Crippen molar-refractivity contribution in [2.24, 2.45) is 5.73 Å². The topological polar surface area (TPSA) is 204 Å². The van der Waals surface area contributed by atoms with Crippen molar-refractivity contribution in [2.45, 2.75) is 37.4 Å². The van der Waals surface area contributed by atoms with Crippen LogP contribution in [-0.4, -0.2) is 81.5 Å². The third-order valence-electron chi connectivity index (χ3n) is 5.13. The molecule has 0 saturated carbocycles. The molecule has 8 N–H and O–H groups in total. The first kappa shape index (κ1) is 27.7. The van der Waals surface area contributed by atoms with Crippen LogP contribution in [0.15, 0.2) is 30.5 Å². The molecule has 0 fully saturated rings. The number of hydrogen-bond donors (Lipinski definition) is 7. The summed E-state index contributed by atoms with van der Waals surface area (Å²) >= 11 is 1.42. The van der Waals surface area contributed by atoms with Gasteiger partial charge < -0.3 is 36.9 Å². The highest BCUT2D eigenvalue weighted by molar-refractivity contribution is 7.98. The number of carboxylic acids is 2. The number of aliphatic carboxylic acids is 2. The van der Waals surface area contributed by atoms with E-state index in [1.165, 1.54) is 11.8 Å². The molecule has 13 heteroatoms. The van der Waals surface area contributed by atoms with Crippen molar-refractivity contribution in [3.8, 4) is 0 Å². The second-order valence-corrected chi connectivity index (χ2v) is 8.77. The van der Waals surface area contributed by atoms with E-state index in [-0.39, 0.29) is 12.8 Å². The smallest absolute Gasteiger partial charge is 0.326 e. The number of amides is 3. The first-order valence-electron chi connectivity index (χ1n) is 10.7. The number of aromatic amines is 1. The molecule has 0 aliphatic heterocycles. The van der Waals surface area contributed by atoms with Crippen LogP contribution in [0.4, 0.5) is 0 Å². The number of aromatic nitrogens is 1. The van der Waals surface area contributed by atoms with Gasteiger partial charge in [0.05, 0.1) is 19.0 Å². The van der Waals surface area contributed by atoms with Gasteiger partial charge in [-0.3, -0.25) is 19.2 Å². The summed E-state index contributed by atoms with van der Waals surface area (Å²) in [6, 6.07) is 3.78. The summed E-state index contributed by atoms with van der Waals surface area (Å²) in [5.41, 5.74) is 7.65. The fourth-order valence-electron chi connectivity index (χ4n) is 3.32. The van der Waals surface area contributed by atoms with Crippen LogP contribution in [0.5, 0.6) is 0 Å². The minimum Gasteiger partial charge on any atom is -0.481 e. The molecule has 0 saturated heterocycles. The molecule has 2 rings (SSSR count). The third kappa shape index (κ3) is 8.61. The molecular formula is C22H29N5O7S. The number of carbonyl (C=O) groups excluding carboxylic acids is 3. The Bertz CT molecular complexity index is 1070. The first-order valence-corrected chi connectivity index (χ1v) is 12.1. The molecule has 12 nitrogen and oxygen atoms in total. The van der Waals surface area contributed by atoms with E-state index in [0.29, 0.717) is 5.75 Å². The van der Waals surface area contributed by atoms with Gasteiger partial charge in [-0.05, 0) is 36.5 Å². The van der Waals surface area contributed by atoms with Crippen molar-refractivity contribution in [1.82, 2.24) is 20.9 Å². The largest absolute Gasteiger partial charge is 0.481 e. The second-order valence-electron chi connectivity index (χ2n) is 7.79. The quantitative estimate of drug-likeness (QED) is 0.175. The van der Waals surface area contributed by atoms with Crippen molar-refractivity contribution < 1.29 is 34.2 Å². The zero-order chi connectivity index (χ0) is 26.0. The van der Waals surface area contributed by atoms with Crippen LogP contribution in [0.3, 0.4) is 0 Å². The number of nitrogens with two attached hydrogens (primary N) is 1. The standard InChI is InChI=1S/C22H29N5O7S/c1-35-7-6-16(22(33)34)26-18(28)11-25-21(32)17(9-19(29)30)27-20(31)14(23)8-12-10-24-15-5-3-2-4-13(12)15/h2-5,10,14,16-17,24H,6-9,11,23H2,1H3,(H,25,32)(H,26,28)(H,27,31)(H,29,30)(H,33,34). The van der Waals surface area contributed by atoms with Crippen LogP contribution in [0.25, 0.3) is 10.9 Å². The molecule has 1 aromatic heterocycles. The maximum atomic E-state index is 12.6. The minimum atomic E-state index is -1.48. The second kappa shape index (κ2) is 13.3. The van der Waals surface area contributed by atoms with Gasteiger partial charge in [-0.2, -0.15) is 11.8 Å². The Morgan fingerprint density at radius 2 is 1.77 bits per heavy atom. The first-order chi connectivity index (χ1) is 16.6. The lowest BCUT2D eigenvalue weighted by Crippen LogP contribution is -2.54. The molecule has 190 valence electrons. The number of thioether (sulfide) groups is 1. The maximum absolute atomic E-state index is 12.6. The lowest BCUT2D eigenvalue weighted by Gasteiger charge is -2.20. The van der Waals surface area contributed by atoms with Crippen LogP contribution < -0.4 is 21.7 Å². The molecule has 0 radical (unpaired) electrons. The molecule has 0 bridgehead atoms. The van der Waals surface area contributed by atoms with E-state index in [9.17, 15) is 29.1 Å². The Kier molecular flexibility index (Phi) is 10.5. The molecule has 35 heavy (non-hydrogen) atoms. The summed E-state index contributed by atoms with van der Waals surface area (Å²) in [5, 5.41) is 26.0. The van der Waals surface area contributed by atoms with E-state index < -0.39 is 60.8 Å². The van der Waals surface area contributed by atoms with Gasteiger partial charge in [0, 0.05) is 17.1 Å². The zero-order valence-corrected chi connectivity index (χ0v) is 19.9. The van der Waals surface area contributed by atoms with Crippen molar-refractivity contribution in [2.75, 3.05) is 18.6 Å². The lowest BCUT2D eigenvalue weighted by atomic mass is 10.0. The summed E-state index contributed by atoms with van der Waals surface area (Å²) in [4.78, 5) is 62.7. The predicted molar refractivity (Wildman–Crippen MR) is 130 cm³/mol. The number of hydrogen-bond acceptors (Lipinski definition) is 7. The van der Waals surface area contributed by atoms with E-state index in [1.54, 1.807) is 12.5 Å². The minimum absolute atomic E-state index is 0.145. The molecule has 1 heterocycles. The average Bonchev–Trinajstić information content (AvgIpc) is 3.21. The number of H-pyrrole nitrogens is 1. The van der Waals surface area contributed by atoms with E-state index in [4.69, 9.17) is 10.8 Å². The Morgan fingerprint density at radius 1 is 1.06 bits per heavy atom. The summed E-state index contributed by atoms with van der Waals surface area (Å²) < 4.78 is 0. The number of fused-ring (bicyclic) bond motifs is 1. The van der Waals surface area contributed by atoms with Gasteiger partial charge in [-0.15, -0.1) is 0 Å². The number of nitrogens with one attached hydrogen (secondary N) is 4. The number of benzene rings is 1. The molecule has 3 amide bonds. The van der Waals surface area contributed by atoms with Crippen LogP contribution in [0.1, 0.15) is 18.4 Å². The van der Waals surface area contributed by atoms with Crippen LogP contribution in [-0.2, 0) is 30.4 Å². The Hall–Kier alpha value is -3.58.